The molecule has 0 spiro atoms. The Morgan fingerprint density at radius 3 is 2.27 bits per heavy atom. The van der Waals surface area contributed by atoms with Crippen molar-refractivity contribution in [2.24, 2.45) is 0 Å². The molecule has 0 aliphatic heterocycles. The van der Waals surface area contributed by atoms with Crippen LogP contribution in [0.25, 0.3) is 0 Å². The average molecular weight is 202 g/mol. The predicted octanol–water partition coefficient (Wildman–Crippen LogP) is 3.08. The van der Waals surface area contributed by atoms with Gasteiger partial charge in [-0.05, 0) is 42.5 Å². The van der Waals surface area contributed by atoms with Gasteiger partial charge in [-0.25, -0.2) is 4.39 Å². The molecule has 2 N–H and O–H groups in total. The number of rotatable bonds is 2. The average Bonchev–Trinajstić information content (AvgIpc) is 2.25. The Labute approximate surface area is 87.0 Å². The lowest BCUT2D eigenvalue weighted by molar-refractivity contribution is 0.474. The highest BCUT2D eigenvalue weighted by atomic mass is 19.1. The van der Waals surface area contributed by atoms with E-state index in [-0.39, 0.29) is 11.6 Å². The van der Waals surface area contributed by atoms with Gasteiger partial charge < -0.3 is 10.4 Å². The molecule has 0 unspecified atom stereocenters. The van der Waals surface area contributed by atoms with Crippen LogP contribution in [0.1, 0.15) is 0 Å². The van der Waals surface area contributed by atoms with Crippen LogP contribution in [0, 0.1) is 11.9 Å². The van der Waals surface area contributed by atoms with Crippen molar-refractivity contribution in [3.8, 4) is 5.75 Å². The van der Waals surface area contributed by atoms with E-state index in [2.05, 4.69) is 11.4 Å². The molecule has 3 heteroatoms. The molecule has 0 fully saturated rings. The highest BCUT2D eigenvalue weighted by Crippen LogP contribution is 2.18. The third-order valence-corrected chi connectivity index (χ3v) is 1.93. The molecule has 0 atom stereocenters. The van der Waals surface area contributed by atoms with E-state index >= 15 is 0 Å². The van der Waals surface area contributed by atoms with Gasteiger partial charge in [-0.2, -0.15) is 0 Å². The predicted molar refractivity (Wildman–Crippen MR) is 56.6 cm³/mol. The third kappa shape index (κ3) is 2.47. The van der Waals surface area contributed by atoms with Crippen molar-refractivity contribution in [3.63, 3.8) is 0 Å². The second kappa shape index (κ2) is 4.00. The summed E-state index contributed by atoms with van der Waals surface area (Å²) in [7, 11) is 0. The van der Waals surface area contributed by atoms with E-state index in [0.29, 0.717) is 0 Å². The summed E-state index contributed by atoms with van der Waals surface area (Å²) in [6.07, 6.45) is 0. The minimum absolute atomic E-state index is 0.0969. The molecule has 2 nitrogen and oxygen atoms in total. The molecule has 0 amide bonds. The number of benzene rings is 2. The van der Waals surface area contributed by atoms with Gasteiger partial charge >= 0.3 is 0 Å². The van der Waals surface area contributed by atoms with E-state index in [1.54, 1.807) is 24.3 Å². The van der Waals surface area contributed by atoms with Gasteiger partial charge in [0.15, 0.2) is 0 Å². The number of phenolic OH excluding ortho intramolecular Hbond substituents is 1. The van der Waals surface area contributed by atoms with E-state index in [9.17, 15) is 4.39 Å². The van der Waals surface area contributed by atoms with Crippen LogP contribution < -0.4 is 5.32 Å². The molecule has 0 bridgehead atoms. The number of hydrogen-bond acceptors (Lipinski definition) is 2. The van der Waals surface area contributed by atoms with Crippen molar-refractivity contribution in [2.75, 3.05) is 5.32 Å². The summed E-state index contributed by atoms with van der Waals surface area (Å²) in [6, 6.07) is 13.6. The fourth-order valence-electron chi connectivity index (χ4n) is 1.19. The molecule has 0 heterocycles. The Bertz CT molecular complexity index is 393. The Kier molecular flexibility index (Phi) is 2.54. The first-order chi connectivity index (χ1) is 7.24. The molecule has 1 radical (unpaired) electrons. The van der Waals surface area contributed by atoms with Crippen LogP contribution in [0.15, 0.2) is 42.5 Å². The van der Waals surface area contributed by atoms with Crippen molar-refractivity contribution < 1.29 is 9.50 Å². The molecular weight excluding hydrogens is 193 g/mol. The summed E-state index contributed by atoms with van der Waals surface area (Å²) in [5.74, 6) is -0.169. The topological polar surface area (TPSA) is 32.3 Å². The first-order valence-electron chi connectivity index (χ1n) is 4.47. The Balaban J connectivity index is 2.15. The molecule has 75 valence electrons. The number of hydrogen-bond donors (Lipinski definition) is 2. The summed E-state index contributed by atoms with van der Waals surface area (Å²) in [5, 5.41) is 12.1. The molecular formula is C12H9FNO. The molecule has 0 aliphatic carbocycles. The second-order valence-corrected chi connectivity index (χ2v) is 3.09. The molecule has 0 saturated carbocycles. The molecule has 2 aromatic carbocycles. The van der Waals surface area contributed by atoms with Gasteiger partial charge in [0.05, 0.1) is 0 Å². The highest BCUT2D eigenvalue weighted by Gasteiger charge is 1.95. The second-order valence-electron chi connectivity index (χ2n) is 3.09. The van der Waals surface area contributed by atoms with Crippen molar-refractivity contribution in [1.82, 2.24) is 0 Å². The first kappa shape index (κ1) is 9.52. The summed E-state index contributed by atoms with van der Waals surface area (Å²) in [4.78, 5) is 0. The molecule has 0 aliphatic rings. The smallest absolute Gasteiger partial charge is 0.123 e. The van der Waals surface area contributed by atoms with Gasteiger partial charge in [0.25, 0.3) is 0 Å². The van der Waals surface area contributed by atoms with Gasteiger partial charge in [-0.15, -0.1) is 0 Å². The number of anilines is 2. The maximum absolute atomic E-state index is 12.6. The highest BCUT2D eigenvalue weighted by molar-refractivity contribution is 5.59. The van der Waals surface area contributed by atoms with Gasteiger partial charge in [0, 0.05) is 17.4 Å². The number of halogens is 1. The lowest BCUT2D eigenvalue weighted by atomic mass is 10.2. The third-order valence-electron chi connectivity index (χ3n) is 1.93. The van der Waals surface area contributed by atoms with E-state index in [1.807, 2.05) is 0 Å². The maximum atomic E-state index is 12.6. The van der Waals surface area contributed by atoms with Crippen LogP contribution in [0.2, 0.25) is 0 Å². The van der Waals surface area contributed by atoms with Crippen LogP contribution in [0.4, 0.5) is 15.8 Å². The van der Waals surface area contributed by atoms with E-state index < -0.39 is 0 Å². The van der Waals surface area contributed by atoms with Crippen LogP contribution >= 0.6 is 0 Å². The standard InChI is InChI=1S/C12H9FNO/c13-9-1-3-10(4-2-9)14-11-5-7-12(15)8-6-11/h1-7,14-15H. The lowest BCUT2D eigenvalue weighted by Crippen LogP contribution is -1.89. The fourth-order valence-corrected chi connectivity index (χ4v) is 1.19. The normalized spacial score (nSPS) is 9.93. The molecule has 2 rings (SSSR count). The van der Waals surface area contributed by atoms with Crippen molar-refractivity contribution in [2.45, 2.75) is 0 Å². The van der Waals surface area contributed by atoms with Gasteiger partial charge in [-0.1, -0.05) is 0 Å². The van der Waals surface area contributed by atoms with Crippen LogP contribution in [0.5, 0.6) is 5.75 Å². The van der Waals surface area contributed by atoms with E-state index in [0.717, 1.165) is 11.4 Å². The Morgan fingerprint density at radius 2 is 1.67 bits per heavy atom. The zero-order chi connectivity index (χ0) is 10.7. The maximum Gasteiger partial charge on any atom is 0.123 e. The largest absolute Gasteiger partial charge is 0.507 e. The van der Waals surface area contributed by atoms with E-state index in [1.165, 1.54) is 18.2 Å². The SMILES string of the molecule is Oc1[c]cc(Nc2ccc(F)cc2)cc1. The van der Waals surface area contributed by atoms with Crippen molar-refractivity contribution >= 4 is 11.4 Å². The van der Waals surface area contributed by atoms with Gasteiger partial charge in [0.2, 0.25) is 0 Å². The van der Waals surface area contributed by atoms with Crippen LogP contribution in [0.3, 0.4) is 0 Å². The van der Waals surface area contributed by atoms with Crippen molar-refractivity contribution in [1.29, 1.82) is 0 Å². The van der Waals surface area contributed by atoms with E-state index in [4.69, 9.17) is 5.11 Å². The Hall–Kier alpha value is -2.03. The first-order valence-corrected chi connectivity index (χ1v) is 4.47. The quantitative estimate of drug-likeness (QED) is 0.733. The monoisotopic (exact) mass is 202 g/mol. The molecule has 15 heavy (non-hydrogen) atoms. The minimum Gasteiger partial charge on any atom is -0.507 e. The van der Waals surface area contributed by atoms with Gasteiger partial charge in [0.1, 0.15) is 11.6 Å². The zero-order valence-electron chi connectivity index (χ0n) is 7.87. The van der Waals surface area contributed by atoms with Gasteiger partial charge in [-0.3, -0.25) is 0 Å². The van der Waals surface area contributed by atoms with Crippen LogP contribution in [-0.4, -0.2) is 5.11 Å². The molecule has 0 aromatic heterocycles. The van der Waals surface area contributed by atoms with Crippen LogP contribution in [-0.2, 0) is 0 Å². The summed E-state index contributed by atoms with van der Waals surface area (Å²) in [5.41, 5.74) is 1.58. The number of aromatic hydroxyl groups is 1. The molecule has 2 aromatic rings. The Morgan fingerprint density at radius 1 is 1.00 bits per heavy atom. The lowest BCUT2D eigenvalue weighted by Gasteiger charge is -2.05. The zero-order valence-corrected chi connectivity index (χ0v) is 7.87. The number of phenols is 1. The minimum atomic E-state index is -0.266. The molecule has 0 saturated heterocycles. The summed E-state index contributed by atoms with van der Waals surface area (Å²) < 4.78 is 12.6. The number of nitrogens with one attached hydrogen (secondary N) is 1. The van der Waals surface area contributed by atoms with Crippen molar-refractivity contribution in [3.05, 3.63) is 54.3 Å². The fraction of sp³-hybridized carbons (Fsp3) is 0. The summed E-state index contributed by atoms with van der Waals surface area (Å²) >= 11 is 0. The summed E-state index contributed by atoms with van der Waals surface area (Å²) in [6.45, 7) is 0.